The molecule has 20 heavy (non-hydrogen) atoms. The molecule has 1 heterocycles. The summed E-state index contributed by atoms with van der Waals surface area (Å²) in [4.78, 5) is 2.52. The number of hydrogen-bond donors (Lipinski definition) is 1. The summed E-state index contributed by atoms with van der Waals surface area (Å²) >= 11 is 0. The lowest BCUT2D eigenvalue weighted by atomic mass is 9.90. The van der Waals surface area contributed by atoms with Crippen molar-refractivity contribution in [2.45, 2.75) is 51.4 Å². The zero-order valence-electron chi connectivity index (χ0n) is 13.0. The van der Waals surface area contributed by atoms with Crippen LogP contribution in [0.15, 0.2) is 30.3 Å². The highest BCUT2D eigenvalue weighted by atomic mass is 16.5. The van der Waals surface area contributed by atoms with Gasteiger partial charge in [0.2, 0.25) is 0 Å². The van der Waals surface area contributed by atoms with E-state index < -0.39 is 0 Å². The second-order valence-electron chi connectivity index (χ2n) is 6.35. The molecular formula is C17H28N2O. The Kier molecular flexibility index (Phi) is 5.19. The molecule has 1 unspecified atom stereocenters. The summed E-state index contributed by atoms with van der Waals surface area (Å²) in [5, 5.41) is 0. The second kappa shape index (κ2) is 6.70. The van der Waals surface area contributed by atoms with Crippen LogP contribution in [0, 0.1) is 0 Å². The molecule has 0 aromatic heterocycles. The number of aryl methyl sites for hydroxylation is 1. The summed E-state index contributed by atoms with van der Waals surface area (Å²) in [5.41, 5.74) is 7.56. The van der Waals surface area contributed by atoms with Gasteiger partial charge in [0.15, 0.2) is 0 Å². The maximum Gasteiger partial charge on any atom is 0.0678 e. The lowest BCUT2D eigenvalue weighted by molar-refractivity contribution is -0.0986. The number of nitrogens with two attached hydrogens (primary N) is 1. The Bertz CT molecular complexity index is 399. The fraction of sp³-hybridized carbons (Fsp3) is 0.647. The quantitative estimate of drug-likeness (QED) is 0.898. The summed E-state index contributed by atoms with van der Waals surface area (Å²) in [6, 6.07) is 10.7. The Hall–Kier alpha value is -0.900. The van der Waals surface area contributed by atoms with Crippen molar-refractivity contribution >= 4 is 0 Å². The summed E-state index contributed by atoms with van der Waals surface area (Å²) < 4.78 is 5.84. The average molecular weight is 276 g/mol. The lowest BCUT2D eigenvalue weighted by Crippen LogP contribution is -2.59. The van der Waals surface area contributed by atoms with E-state index in [9.17, 15) is 0 Å². The van der Waals surface area contributed by atoms with E-state index in [0.29, 0.717) is 18.8 Å². The Balaban J connectivity index is 2.00. The Morgan fingerprint density at radius 2 is 1.80 bits per heavy atom. The first-order valence-electron chi connectivity index (χ1n) is 7.68. The van der Waals surface area contributed by atoms with Crippen LogP contribution in [-0.4, -0.2) is 42.3 Å². The predicted octanol–water partition coefficient (Wildman–Crippen LogP) is 2.45. The fourth-order valence-corrected chi connectivity index (χ4v) is 3.07. The monoisotopic (exact) mass is 276 g/mol. The smallest absolute Gasteiger partial charge is 0.0678 e. The van der Waals surface area contributed by atoms with Crippen LogP contribution in [0.2, 0.25) is 0 Å². The van der Waals surface area contributed by atoms with Crippen LogP contribution in [0.1, 0.15) is 32.8 Å². The molecule has 1 aromatic carbocycles. The van der Waals surface area contributed by atoms with Crippen LogP contribution in [0.3, 0.4) is 0 Å². The third-order valence-corrected chi connectivity index (χ3v) is 4.42. The van der Waals surface area contributed by atoms with Gasteiger partial charge in [0.05, 0.1) is 12.2 Å². The number of benzene rings is 1. The second-order valence-corrected chi connectivity index (χ2v) is 6.35. The van der Waals surface area contributed by atoms with Gasteiger partial charge in [-0.3, -0.25) is 4.90 Å². The van der Waals surface area contributed by atoms with Crippen LogP contribution in [-0.2, 0) is 11.2 Å². The Labute approximate surface area is 123 Å². The zero-order chi connectivity index (χ0) is 14.6. The molecule has 1 saturated heterocycles. The van der Waals surface area contributed by atoms with Crippen molar-refractivity contribution in [1.29, 1.82) is 0 Å². The Morgan fingerprint density at radius 1 is 1.20 bits per heavy atom. The van der Waals surface area contributed by atoms with Crippen LogP contribution in [0.25, 0.3) is 0 Å². The topological polar surface area (TPSA) is 38.5 Å². The van der Waals surface area contributed by atoms with E-state index in [0.717, 1.165) is 25.9 Å². The summed E-state index contributed by atoms with van der Waals surface area (Å²) in [5.74, 6) is 0. The van der Waals surface area contributed by atoms with E-state index in [1.807, 2.05) is 0 Å². The molecule has 0 radical (unpaired) electrons. The summed E-state index contributed by atoms with van der Waals surface area (Å²) in [6.45, 7) is 9.24. The van der Waals surface area contributed by atoms with E-state index in [1.54, 1.807) is 0 Å². The molecular weight excluding hydrogens is 248 g/mol. The van der Waals surface area contributed by atoms with Gasteiger partial charge in [-0.2, -0.15) is 0 Å². The highest BCUT2D eigenvalue weighted by Crippen LogP contribution is 2.25. The molecule has 2 rings (SSSR count). The third-order valence-electron chi connectivity index (χ3n) is 4.42. The van der Waals surface area contributed by atoms with Crippen molar-refractivity contribution in [1.82, 2.24) is 4.90 Å². The molecule has 112 valence electrons. The first kappa shape index (κ1) is 15.5. The van der Waals surface area contributed by atoms with E-state index in [1.165, 1.54) is 5.56 Å². The number of nitrogens with zero attached hydrogens (tertiary/aromatic N) is 1. The van der Waals surface area contributed by atoms with Crippen molar-refractivity contribution < 1.29 is 4.74 Å². The molecule has 1 aliphatic rings. The zero-order valence-corrected chi connectivity index (χ0v) is 13.0. The van der Waals surface area contributed by atoms with Gasteiger partial charge in [0.1, 0.15) is 0 Å². The van der Waals surface area contributed by atoms with Gasteiger partial charge in [-0.05, 0) is 39.2 Å². The molecule has 0 bridgehead atoms. The minimum atomic E-state index is 0.0577. The van der Waals surface area contributed by atoms with Crippen LogP contribution in [0.4, 0.5) is 0 Å². The van der Waals surface area contributed by atoms with Gasteiger partial charge < -0.3 is 10.5 Å². The largest absolute Gasteiger partial charge is 0.373 e. The van der Waals surface area contributed by atoms with E-state index in [2.05, 4.69) is 56.0 Å². The summed E-state index contributed by atoms with van der Waals surface area (Å²) in [7, 11) is 0. The molecule has 0 spiro atoms. The standard InChI is InChI=1S/C17H28N2O/c1-14-11-19(12-15(2)20-14)17(3,13-18)10-9-16-7-5-4-6-8-16/h4-8,14-15H,9-13,18H2,1-3H3/t14-,15+,17?. The molecule has 0 amide bonds. The van der Waals surface area contributed by atoms with Crippen LogP contribution < -0.4 is 5.73 Å². The highest BCUT2D eigenvalue weighted by Gasteiger charge is 2.35. The van der Waals surface area contributed by atoms with Gasteiger partial charge in [-0.1, -0.05) is 30.3 Å². The molecule has 1 aromatic rings. The minimum absolute atomic E-state index is 0.0577. The molecule has 3 nitrogen and oxygen atoms in total. The first-order chi connectivity index (χ1) is 9.53. The summed E-state index contributed by atoms with van der Waals surface area (Å²) in [6.07, 6.45) is 2.75. The SMILES string of the molecule is C[C@@H]1CN(C(C)(CN)CCc2ccccc2)C[C@H](C)O1. The minimum Gasteiger partial charge on any atom is -0.373 e. The molecule has 1 aliphatic heterocycles. The molecule has 0 aliphatic carbocycles. The predicted molar refractivity (Wildman–Crippen MR) is 83.8 cm³/mol. The average Bonchev–Trinajstić information content (AvgIpc) is 2.45. The first-order valence-corrected chi connectivity index (χ1v) is 7.68. The molecule has 3 heteroatoms. The maximum atomic E-state index is 6.11. The van der Waals surface area contributed by atoms with E-state index in [-0.39, 0.29) is 5.54 Å². The lowest BCUT2D eigenvalue weighted by Gasteiger charge is -2.46. The molecule has 3 atom stereocenters. The molecule has 0 saturated carbocycles. The van der Waals surface area contributed by atoms with Crippen LogP contribution in [0.5, 0.6) is 0 Å². The van der Waals surface area contributed by atoms with Crippen molar-refractivity contribution in [3.63, 3.8) is 0 Å². The highest BCUT2D eigenvalue weighted by molar-refractivity contribution is 5.15. The van der Waals surface area contributed by atoms with Gasteiger partial charge in [-0.15, -0.1) is 0 Å². The number of rotatable bonds is 5. The number of hydrogen-bond acceptors (Lipinski definition) is 3. The molecule has 2 N–H and O–H groups in total. The van der Waals surface area contributed by atoms with Crippen LogP contribution >= 0.6 is 0 Å². The normalized spacial score (nSPS) is 27.2. The Morgan fingerprint density at radius 3 is 2.35 bits per heavy atom. The number of morpholine rings is 1. The van der Waals surface area contributed by atoms with E-state index >= 15 is 0 Å². The van der Waals surface area contributed by atoms with Crippen molar-refractivity contribution in [2.75, 3.05) is 19.6 Å². The van der Waals surface area contributed by atoms with Gasteiger partial charge in [0, 0.05) is 25.2 Å². The van der Waals surface area contributed by atoms with Crippen molar-refractivity contribution in [3.05, 3.63) is 35.9 Å². The van der Waals surface area contributed by atoms with Gasteiger partial charge in [-0.25, -0.2) is 0 Å². The van der Waals surface area contributed by atoms with Crippen molar-refractivity contribution in [2.24, 2.45) is 5.73 Å². The maximum absolute atomic E-state index is 6.11. The van der Waals surface area contributed by atoms with Crippen molar-refractivity contribution in [3.8, 4) is 0 Å². The molecule has 1 fully saturated rings. The van der Waals surface area contributed by atoms with E-state index in [4.69, 9.17) is 10.5 Å². The van der Waals surface area contributed by atoms with Gasteiger partial charge in [0.25, 0.3) is 0 Å². The third kappa shape index (κ3) is 3.81. The fourth-order valence-electron chi connectivity index (χ4n) is 3.07. The van der Waals surface area contributed by atoms with Gasteiger partial charge >= 0.3 is 0 Å². The number of ether oxygens (including phenoxy) is 1.